The fourth-order valence-electron chi connectivity index (χ4n) is 2.29. The average Bonchev–Trinajstić information content (AvgIpc) is 2.46. The van der Waals surface area contributed by atoms with Gasteiger partial charge in [-0.25, -0.2) is 0 Å². The molecule has 0 aromatic heterocycles. The van der Waals surface area contributed by atoms with Crippen LogP contribution in [0.3, 0.4) is 0 Å². The molecule has 2 amide bonds. The lowest BCUT2D eigenvalue weighted by Crippen LogP contribution is -2.51. The van der Waals surface area contributed by atoms with E-state index in [4.69, 9.17) is 10.5 Å². The first-order valence-electron chi connectivity index (χ1n) is 6.63. The number of amides is 2. The second-order valence-corrected chi connectivity index (χ2v) is 5.79. The van der Waals surface area contributed by atoms with E-state index < -0.39 is 0 Å². The minimum Gasteiger partial charge on any atom is -0.399 e. The highest BCUT2D eigenvalue weighted by atomic mass is 79.9. The molecule has 1 aliphatic heterocycles. The van der Waals surface area contributed by atoms with Gasteiger partial charge < -0.3 is 20.3 Å². The predicted octanol–water partition coefficient (Wildman–Crippen LogP) is 0.962. The van der Waals surface area contributed by atoms with Crippen LogP contribution in [0.5, 0.6) is 0 Å². The summed E-state index contributed by atoms with van der Waals surface area (Å²) in [6.45, 7) is 2.16. The maximum absolute atomic E-state index is 12.4. The average molecular weight is 356 g/mol. The molecule has 0 saturated carbocycles. The molecule has 6 nitrogen and oxygen atoms in total. The molecule has 0 bridgehead atoms. The Morgan fingerprint density at radius 1 is 1.19 bits per heavy atom. The van der Waals surface area contributed by atoms with Gasteiger partial charge in [0, 0.05) is 49.0 Å². The van der Waals surface area contributed by atoms with Crippen LogP contribution < -0.4 is 5.73 Å². The van der Waals surface area contributed by atoms with Crippen LogP contribution in [0.15, 0.2) is 22.7 Å². The Bertz CT molecular complexity index is 522. The van der Waals surface area contributed by atoms with Gasteiger partial charge in [0.1, 0.15) is 6.61 Å². The molecular weight excluding hydrogens is 338 g/mol. The molecule has 0 aliphatic carbocycles. The number of hydrogen-bond donors (Lipinski definition) is 1. The smallest absolute Gasteiger partial charge is 0.254 e. The zero-order chi connectivity index (χ0) is 15.4. The molecule has 0 spiro atoms. The van der Waals surface area contributed by atoms with Crippen LogP contribution in [0.1, 0.15) is 10.4 Å². The highest BCUT2D eigenvalue weighted by Crippen LogP contribution is 2.19. The van der Waals surface area contributed by atoms with Crippen molar-refractivity contribution in [2.45, 2.75) is 0 Å². The summed E-state index contributed by atoms with van der Waals surface area (Å²) in [5.41, 5.74) is 6.85. The molecule has 21 heavy (non-hydrogen) atoms. The number of carbonyl (C=O) groups is 2. The lowest BCUT2D eigenvalue weighted by molar-refractivity contribution is -0.136. The van der Waals surface area contributed by atoms with Crippen LogP contribution in [0.4, 0.5) is 5.69 Å². The van der Waals surface area contributed by atoms with E-state index in [1.165, 1.54) is 7.11 Å². The Morgan fingerprint density at radius 2 is 1.81 bits per heavy atom. The first-order valence-corrected chi connectivity index (χ1v) is 7.42. The van der Waals surface area contributed by atoms with E-state index in [1.807, 2.05) is 0 Å². The zero-order valence-corrected chi connectivity index (χ0v) is 13.4. The highest BCUT2D eigenvalue weighted by Gasteiger charge is 2.24. The number of ether oxygens (including phenoxy) is 1. The third kappa shape index (κ3) is 3.95. The molecule has 0 atom stereocenters. The predicted molar refractivity (Wildman–Crippen MR) is 82.9 cm³/mol. The summed E-state index contributed by atoms with van der Waals surface area (Å²) in [5.74, 6) is -0.113. The molecule has 7 heteroatoms. The van der Waals surface area contributed by atoms with Gasteiger partial charge in [-0.05, 0) is 18.2 Å². The maximum Gasteiger partial charge on any atom is 0.254 e. The Labute approximate surface area is 132 Å². The molecule has 1 fully saturated rings. The molecular formula is C14H18BrN3O3. The Kier molecular flexibility index (Phi) is 5.19. The van der Waals surface area contributed by atoms with Crippen molar-refractivity contribution in [2.24, 2.45) is 0 Å². The molecule has 0 unspecified atom stereocenters. The molecule has 114 valence electrons. The number of anilines is 1. The SMILES string of the molecule is COCC(=O)N1CCN(C(=O)c2cc(N)cc(Br)c2)CC1. The quantitative estimate of drug-likeness (QED) is 0.819. The van der Waals surface area contributed by atoms with Crippen LogP contribution in [-0.2, 0) is 9.53 Å². The van der Waals surface area contributed by atoms with Crippen molar-refractivity contribution < 1.29 is 14.3 Å². The van der Waals surface area contributed by atoms with Crippen molar-refractivity contribution in [3.8, 4) is 0 Å². The summed E-state index contributed by atoms with van der Waals surface area (Å²) >= 11 is 3.33. The standard InChI is InChI=1S/C14H18BrN3O3/c1-21-9-13(19)17-2-4-18(5-3-17)14(20)10-6-11(15)8-12(16)7-10/h6-8H,2-5,9,16H2,1H3. The van der Waals surface area contributed by atoms with E-state index in [0.717, 1.165) is 4.47 Å². The third-order valence-corrected chi connectivity index (χ3v) is 3.81. The van der Waals surface area contributed by atoms with Crippen LogP contribution >= 0.6 is 15.9 Å². The summed E-state index contributed by atoms with van der Waals surface area (Å²) < 4.78 is 5.61. The third-order valence-electron chi connectivity index (χ3n) is 3.35. The lowest BCUT2D eigenvalue weighted by atomic mass is 10.1. The molecule has 0 radical (unpaired) electrons. The fraction of sp³-hybridized carbons (Fsp3) is 0.429. The number of nitrogens with two attached hydrogens (primary N) is 1. The lowest BCUT2D eigenvalue weighted by Gasteiger charge is -2.34. The van der Waals surface area contributed by atoms with E-state index in [0.29, 0.717) is 37.4 Å². The van der Waals surface area contributed by atoms with Crippen LogP contribution in [-0.4, -0.2) is 61.5 Å². The van der Waals surface area contributed by atoms with Gasteiger partial charge in [-0.15, -0.1) is 0 Å². The Hall–Kier alpha value is -1.60. The van der Waals surface area contributed by atoms with Gasteiger partial charge in [0.25, 0.3) is 5.91 Å². The van der Waals surface area contributed by atoms with Crippen molar-refractivity contribution >= 4 is 33.4 Å². The van der Waals surface area contributed by atoms with Gasteiger partial charge >= 0.3 is 0 Å². The normalized spacial score (nSPS) is 15.1. The van der Waals surface area contributed by atoms with E-state index >= 15 is 0 Å². The largest absolute Gasteiger partial charge is 0.399 e. The van der Waals surface area contributed by atoms with Crippen molar-refractivity contribution in [2.75, 3.05) is 45.6 Å². The van der Waals surface area contributed by atoms with Gasteiger partial charge in [0.05, 0.1) is 0 Å². The summed E-state index contributed by atoms with van der Waals surface area (Å²) in [6, 6.07) is 5.16. The number of benzene rings is 1. The molecule has 1 aromatic carbocycles. The molecule has 1 aliphatic rings. The van der Waals surface area contributed by atoms with Crippen molar-refractivity contribution in [3.63, 3.8) is 0 Å². The Morgan fingerprint density at radius 3 is 2.38 bits per heavy atom. The first-order chi connectivity index (χ1) is 10.0. The minimum atomic E-state index is -0.0677. The number of nitrogen functional groups attached to an aromatic ring is 1. The number of halogens is 1. The Balaban J connectivity index is 1.98. The van der Waals surface area contributed by atoms with Crippen molar-refractivity contribution in [1.29, 1.82) is 0 Å². The van der Waals surface area contributed by atoms with E-state index in [9.17, 15) is 9.59 Å². The van der Waals surface area contributed by atoms with Crippen LogP contribution in [0.2, 0.25) is 0 Å². The van der Waals surface area contributed by atoms with E-state index in [2.05, 4.69) is 15.9 Å². The number of nitrogens with zero attached hydrogens (tertiary/aromatic N) is 2. The highest BCUT2D eigenvalue weighted by molar-refractivity contribution is 9.10. The first kappa shape index (κ1) is 15.8. The topological polar surface area (TPSA) is 75.9 Å². The van der Waals surface area contributed by atoms with Gasteiger partial charge in [-0.1, -0.05) is 15.9 Å². The fourth-order valence-corrected chi connectivity index (χ4v) is 2.80. The van der Waals surface area contributed by atoms with Crippen molar-refractivity contribution in [3.05, 3.63) is 28.2 Å². The molecule has 2 rings (SSSR count). The molecule has 1 saturated heterocycles. The molecule has 2 N–H and O–H groups in total. The second-order valence-electron chi connectivity index (χ2n) is 4.88. The van der Waals surface area contributed by atoms with Crippen LogP contribution in [0, 0.1) is 0 Å². The number of rotatable bonds is 3. The summed E-state index contributed by atoms with van der Waals surface area (Å²) in [5, 5.41) is 0. The number of piperazine rings is 1. The summed E-state index contributed by atoms with van der Waals surface area (Å²) in [6.07, 6.45) is 0. The van der Waals surface area contributed by atoms with Crippen molar-refractivity contribution in [1.82, 2.24) is 9.80 Å². The van der Waals surface area contributed by atoms with E-state index in [-0.39, 0.29) is 18.4 Å². The zero-order valence-electron chi connectivity index (χ0n) is 11.8. The molecule has 1 heterocycles. The monoisotopic (exact) mass is 355 g/mol. The number of hydrogen-bond acceptors (Lipinski definition) is 4. The number of carbonyl (C=O) groups excluding carboxylic acids is 2. The van der Waals surface area contributed by atoms with Gasteiger partial charge in [0.2, 0.25) is 5.91 Å². The van der Waals surface area contributed by atoms with E-state index in [1.54, 1.807) is 28.0 Å². The number of methoxy groups -OCH3 is 1. The van der Waals surface area contributed by atoms with Gasteiger partial charge in [-0.2, -0.15) is 0 Å². The van der Waals surface area contributed by atoms with Gasteiger partial charge in [-0.3, -0.25) is 9.59 Å². The minimum absolute atomic E-state index is 0.0451. The molecule has 1 aromatic rings. The maximum atomic E-state index is 12.4. The van der Waals surface area contributed by atoms with Gasteiger partial charge in [0.15, 0.2) is 0 Å². The summed E-state index contributed by atoms with van der Waals surface area (Å²) in [7, 11) is 1.50. The summed E-state index contributed by atoms with van der Waals surface area (Å²) in [4.78, 5) is 27.6. The second kappa shape index (κ2) is 6.91. The van der Waals surface area contributed by atoms with Crippen LogP contribution in [0.25, 0.3) is 0 Å².